The number of Topliss-reactive ketones (excluding diaryl/α,β-unsaturated/α-hetero) is 2. The smallest absolute Gasteiger partial charge is 0.401 e. The largest absolute Gasteiger partial charge is 0.507 e. The van der Waals surface area contributed by atoms with Crippen molar-refractivity contribution in [3.8, 4) is 17.4 Å². The molecule has 356 valence electrons. The monoisotopic (exact) mass is 939 g/mol. The number of alkyl halides is 3. The number of hydrogen-bond donors (Lipinski definition) is 1. The summed E-state index contributed by atoms with van der Waals surface area (Å²) in [6.07, 6.45) is 0.282. The van der Waals surface area contributed by atoms with Crippen LogP contribution in [0.15, 0.2) is 102 Å². The van der Waals surface area contributed by atoms with Crippen LogP contribution in [0.4, 0.5) is 13.2 Å². The minimum Gasteiger partial charge on any atom is -0.507 e. The van der Waals surface area contributed by atoms with Gasteiger partial charge in [0.1, 0.15) is 36.0 Å². The Morgan fingerprint density at radius 3 is 2.16 bits per heavy atom. The van der Waals surface area contributed by atoms with Crippen LogP contribution in [0.1, 0.15) is 96.1 Å². The minimum atomic E-state index is -4.44. The normalized spacial score (nSPS) is 23.1. The van der Waals surface area contributed by atoms with Gasteiger partial charge in [-0.05, 0) is 78.6 Å². The van der Waals surface area contributed by atoms with Crippen LogP contribution in [-0.4, -0.2) is 85.0 Å². The zero-order valence-electron chi connectivity index (χ0n) is 39.1. The summed E-state index contributed by atoms with van der Waals surface area (Å²) in [7, 11) is -1.62. The summed E-state index contributed by atoms with van der Waals surface area (Å²) in [6.45, 7) is 18.0. The Hall–Kier alpha value is -5.48. The number of ether oxygens (including phenoxy) is 3. The van der Waals surface area contributed by atoms with Crippen LogP contribution in [-0.2, 0) is 28.9 Å². The molecule has 8 rings (SSSR count). The molecule has 67 heavy (non-hydrogen) atoms. The lowest BCUT2D eigenvalue weighted by Gasteiger charge is -2.55. The highest BCUT2D eigenvalue weighted by Gasteiger charge is 2.69. The summed E-state index contributed by atoms with van der Waals surface area (Å²) in [5, 5.41) is 16.8. The molecular weight excluding hydrogens is 880 g/mol. The van der Waals surface area contributed by atoms with Crippen molar-refractivity contribution in [2.75, 3.05) is 33.3 Å². The molecule has 3 aliphatic carbocycles. The van der Waals surface area contributed by atoms with Gasteiger partial charge < -0.3 is 28.3 Å². The Bertz CT molecular complexity index is 2540. The molecule has 1 aromatic heterocycles. The summed E-state index contributed by atoms with van der Waals surface area (Å²) in [5.41, 5.74) is 0.647. The number of hydrogen-bond acceptors (Lipinski definition) is 11. The average Bonchev–Trinajstić information content (AvgIpc) is 3.92. The van der Waals surface area contributed by atoms with Gasteiger partial charge in [-0.2, -0.15) is 13.2 Å². The van der Waals surface area contributed by atoms with Crippen molar-refractivity contribution in [1.82, 2.24) is 15.0 Å². The van der Waals surface area contributed by atoms with Gasteiger partial charge in [0.15, 0.2) is 19.7 Å². The molecule has 4 aromatic rings. The number of halogens is 3. The Labute approximate surface area is 391 Å². The van der Waals surface area contributed by atoms with Crippen LogP contribution in [0.2, 0.25) is 18.1 Å². The summed E-state index contributed by atoms with van der Waals surface area (Å²) >= 11 is 0. The molecule has 2 heterocycles. The van der Waals surface area contributed by atoms with Crippen molar-refractivity contribution in [1.29, 1.82) is 0 Å². The molecule has 1 aliphatic heterocycles. The highest BCUT2D eigenvalue weighted by Crippen LogP contribution is 2.60. The van der Waals surface area contributed by atoms with Crippen molar-refractivity contribution in [2.45, 2.75) is 102 Å². The maximum atomic E-state index is 16.3. The van der Waals surface area contributed by atoms with E-state index in [1.54, 1.807) is 18.2 Å². The van der Waals surface area contributed by atoms with Gasteiger partial charge in [0.05, 0.1) is 25.3 Å². The van der Waals surface area contributed by atoms with E-state index in [1.807, 2.05) is 99.4 Å². The van der Waals surface area contributed by atoms with Crippen LogP contribution in [0.5, 0.6) is 17.4 Å². The minimum absolute atomic E-state index is 0.00437. The molecule has 0 amide bonds. The number of methoxy groups -OCH3 is 1. The van der Waals surface area contributed by atoms with E-state index in [1.165, 1.54) is 12.0 Å². The molecule has 11 nitrogen and oxygen atoms in total. The number of carbonyl (C=O) groups excluding carboxylic acids is 2. The van der Waals surface area contributed by atoms with E-state index >= 15 is 9.59 Å². The fourth-order valence-corrected chi connectivity index (χ4v) is 11.9. The number of benzene rings is 3. The Balaban J connectivity index is 1.35. The summed E-state index contributed by atoms with van der Waals surface area (Å²) < 4.78 is 74.6. The SMILES string of the molecule is C=CCN(CC=C)[C@@H]1c2onc(OCc3ccccc3)c2C(=O)[C@@]2(O[Si](C)(C)C(C)(C)C)C(=O)C3=C(O)c4c(OCc5ccccc5)cc([C@@H]5CCCN5CC(F)(F)F)c(OC)c4C[C@H]3C[C@@H]12. The zero-order chi connectivity index (χ0) is 48.1. The van der Waals surface area contributed by atoms with Gasteiger partial charge in [-0.3, -0.25) is 19.4 Å². The zero-order valence-corrected chi connectivity index (χ0v) is 40.1. The lowest BCUT2D eigenvalue weighted by Crippen LogP contribution is -2.68. The number of nitrogens with zero attached hydrogens (tertiary/aromatic N) is 3. The van der Waals surface area contributed by atoms with Crippen molar-refractivity contribution >= 4 is 25.6 Å². The highest BCUT2D eigenvalue weighted by atomic mass is 28.4. The average molecular weight is 940 g/mol. The first-order valence-corrected chi connectivity index (χ1v) is 25.8. The molecule has 15 heteroatoms. The van der Waals surface area contributed by atoms with Crippen molar-refractivity contribution in [3.63, 3.8) is 0 Å². The van der Waals surface area contributed by atoms with Crippen LogP contribution in [0.25, 0.3) is 5.76 Å². The summed E-state index contributed by atoms with van der Waals surface area (Å²) in [6, 6.07) is 19.0. The Morgan fingerprint density at radius 2 is 1.58 bits per heavy atom. The Kier molecular flexibility index (Phi) is 13.3. The standard InChI is InChI=1S/C52H60F3N3O8Si/c1-9-23-57(24-10-2)43-37-27-34-26-36-41(39(63-29-32-18-13-11-14-19-32)28-35(45(36)62-6)38-22-17-25-58(38)31-51(53,54)55)44(59)40(34)47(60)52(37,66-67(7,8)50(3,4)5)48(61)42-46(43)65-56-49(42)64-30-33-20-15-12-16-21-33/h9-16,18-21,28,34,37-38,43,59H,1-2,17,22-27,29-31H2,3-8H3/t34-,37-,38-,43-,52-/m0/s1. The molecule has 0 bridgehead atoms. The molecule has 4 aliphatic rings. The van der Waals surface area contributed by atoms with Gasteiger partial charge in [0, 0.05) is 41.7 Å². The molecule has 0 unspecified atom stereocenters. The van der Waals surface area contributed by atoms with E-state index in [4.69, 9.17) is 23.2 Å². The van der Waals surface area contributed by atoms with E-state index < -0.39 is 72.9 Å². The van der Waals surface area contributed by atoms with E-state index in [-0.39, 0.29) is 66.7 Å². The maximum absolute atomic E-state index is 16.3. The third kappa shape index (κ3) is 8.79. The van der Waals surface area contributed by atoms with Crippen LogP contribution in [0, 0.1) is 11.8 Å². The fourth-order valence-electron chi connectivity index (χ4n) is 10.4. The molecule has 5 atom stereocenters. The van der Waals surface area contributed by atoms with E-state index in [2.05, 4.69) is 18.3 Å². The quantitative estimate of drug-likeness (QED) is 0.0656. The number of rotatable bonds is 16. The predicted molar refractivity (Wildman–Crippen MR) is 251 cm³/mol. The van der Waals surface area contributed by atoms with Crippen molar-refractivity contribution in [2.24, 2.45) is 11.8 Å². The number of aliphatic hydroxyl groups is 1. The molecule has 1 N–H and O–H groups in total. The number of ketones is 2. The van der Waals surface area contributed by atoms with E-state index in [0.717, 1.165) is 11.1 Å². The number of carbonyl (C=O) groups is 2. The van der Waals surface area contributed by atoms with Gasteiger partial charge in [0.25, 0.3) is 5.88 Å². The lowest BCUT2D eigenvalue weighted by molar-refractivity contribution is -0.147. The number of aromatic nitrogens is 1. The lowest BCUT2D eigenvalue weighted by atomic mass is 9.57. The van der Waals surface area contributed by atoms with Gasteiger partial charge >= 0.3 is 6.18 Å². The first-order chi connectivity index (χ1) is 31.8. The number of fused-ring (bicyclic) bond motifs is 4. The third-order valence-electron chi connectivity index (χ3n) is 14.4. The van der Waals surface area contributed by atoms with E-state index in [9.17, 15) is 18.3 Å². The maximum Gasteiger partial charge on any atom is 0.401 e. The predicted octanol–water partition coefficient (Wildman–Crippen LogP) is 10.9. The van der Waals surface area contributed by atoms with E-state index in [0.29, 0.717) is 42.8 Å². The van der Waals surface area contributed by atoms with Crippen LogP contribution >= 0.6 is 0 Å². The molecule has 1 saturated carbocycles. The van der Waals surface area contributed by atoms with Gasteiger partial charge in [-0.1, -0.05) is 93.6 Å². The number of aliphatic hydroxyl groups excluding tert-OH is 1. The molecule has 2 fully saturated rings. The van der Waals surface area contributed by atoms with Gasteiger partial charge in [0.2, 0.25) is 11.6 Å². The van der Waals surface area contributed by atoms with Crippen LogP contribution < -0.4 is 14.2 Å². The highest BCUT2D eigenvalue weighted by molar-refractivity contribution is 6.74. The molecular formula is C52H60F3N3O8Si. The fraction of sp³-hybridized carbons (Fsp3) is 0.442. The van der Waals surface area contributed by atoms with Crippen LogP contribution in [0.3, 0.4) is 0 Å². The first kappa shape index (κ1) is 48.0. The summed E-state index contributed by atoms with van der Waals surface area (Å²) in [4.78, 5) is 35.7. The Morgan fingerprint density at radius 1 is 0.955 bits per heavy atom. The summed E-state index contributed by atoms with van der Waals surface area (Å²) in [5.74, 6) is -2.69. The van der Waals surface area contributed by atoms with Gasteiger partial charge in [-0.15, -0.1) is 13.2 Å². The second kappa shape index (κ2) is 18.5. The topological polar surface area (TPSA) is 124 Å². The van der Waals surface area contributed by atoms with Gasteiger partial charge in [-0.25, -0.2) is 0 Å². The molecule has 0 radical (unpaired) electrons. The number of likely N-dealkylation sites (tertiary alicyclic amines) is 1. The second-order valence-corrected chi connectivity index (χ2v) is 24.3. The molecule has 0 spiro atoms. The van der Waals surface area contributed by atoms with Crippen molar-refractivity contribution < 1.29 is 51.0 Å². The molecule has 3 aromatic carbocycles. The second-order valence-electron chi connectivity index (χ2n) is 19.6. The van der Waals surface area contributed by atoms with Crippen molar-refractivity contribution in [3.05, 3.63) is 137 Å². The molecule has 1 saturated heterocycles. The first-order valence-electron chi connectivity index (χ1n) is 22.9. The third-order valence-corrected chi connectivity index (χ3v) is 18.8.